The highest BCUT2D eigenvalue weighted by Crippen LogP contribution is 2.24. The third-order valence-electron chi connectivity index (χ3n) is 4.81. The van der Waals surface area contributed by atoms with Gasteiger partial charge in [0.25, 0.3) is 0 Å². The van der Waals surface area contributed by atoms with E-state index in [1.807, 2.05) is 36.4 Å². The van der Waals surface area contributed by atoms with Gasteiger partial charge in [0.05, 0.1) is 18.6 Å². The lowest BCUT2D eigenvalue weighted by atomic mass is 9.98. The largest absolute Gasteiger partial charge is 0.508 e. The third-order valence-corrected chi connectivity index (χ3v) is 4.81. The number of carbonyl (C=O) groups excluding carboxylic acids is 1. The van der Waals surface area contributed by atoms with Crippen molar-refractivity contribution in [3.63, 3.8) is 0 Å². The summed E-state index contributed by atoms with van der Waals surface area (Å²) in [6.07, 6.45) is 0.332. The Kier molecular flexibility index (Phi) is 7.37. The molecule has 2 atom stereocenters. The van der Waals surface area contributed by atoms with E-state index in [4.69, 9.17) is 10.8 Å². The average molecular weight is 419 g/mol. The summed E-state index contributed by atoms with van der Waals surface area (Å²) in [5.74, 6) is -1.13. The second-order valence-electron chi connectivity index (χ2n) is 7.21. The van der Waals surface area contributed by atoms with Gasteiger partial charge < -0.3 is 21.3 Å². The molecular formula is C24H25N3O4. The van der Waals surface area contributed by atoms with E-state index in [0.717, 1.165) is 16.7 Å². The van der Waals surface area contributed by atoms with Crippen molar-refractivity contribution in [2.45, 2.75) is 18.5 Å². The predicted molar refractivity (Wildman–Crippen MR) is 119 cm³/mol. The fraction of sp³-hybridized carbons (Fsp3) is 0.167. The van der Waals surface area contributed by atoms with E-state index in [-0.39, 0.29) is 24.2 Å². The third kappa shape index (κ3) is 6.40. The van der Waals surface area contributed by atoms with Gasteiger partial charge in [-0.25, -0.2) is 0 Å². The molecule has 0 saturated carbocycles. The van der Waals surface area contributed by atoms with Crippen LogP contribution in [0.4, 0.5) is 5.69 Å². The maximum atomic E-state index is 12.6. The number of amides is 1. The molecule has 0 aliphatic carbocycles. The molecule has 3 rings (SSSR count). The van der Waals surface area contributed by atoms with Gasteiger partial charge in [-0.3, -0.25) is 14.9 Å². The van der Waals surface area contributed by atoms with Crippen LogP contribution in [0.25, 0.3) is 0 Å². The summed E-state index contributed by atoms with van der Waals surface area (Å²) < 4.78 is 0. The van der Waals surface area contributed by atoms with Crippen molar-refractivity contribution >= 4 is 17.6 Å². The summed E-state index contributed by atoms with van der Waals surface area (Å²) in [7, 11) is 0. The van der Waals surface area contributed by atoms with Gasteiger partial charge in [-0.15, -0.1) is 0 Å². The number of nitrogens with one attached hydrogen (secondary N) is 2. The Morgan fingerprint density at radius 3 is 2.26 bits per heavy atom. The first-order valence-electron chi connectivity index (χ1n) is 9.87. The first kappa shape index (κ1) is 22.0. The Morgan fingerprint density at radius 1 is 0.903 bits per heavy atom. The maximum Gasteiger partial charge on any atom is 0.317 e. The minimum Gasteiger partial charge on any atom is -0.508 e. The monoisotopic (exact) mass is 419 g/mol. The van der Waals surface area contributed by atoms with E-state index in [9.17, 15) is 14.7 Å². The minimum atomic E-state index is -0.953. The second-order valence-corrected chi connectivity index (χ2v) is 7.21. The van der Waals surface area contributed by atoms with Gasteiger partial charge in [-0.05, 0) is 47.4 Å². The number of hydrogen-bond acceptors (Lipinski definition) is 5. The molecule has 6 N–H and O–H groups in total. The van der Waals surface area contributed by atoms with Crippen molar-refractivity contribution in [1.29, 1.82) is 0 Å². The molecule has 0 fully saturated rings. The zero-order chi connectivity index (χ0) is 22.2. The maximum absolute atomic E-state index is 12.6. The average Bonchev–Trinajstić information content (AvgIpc) is 2.76. The highest BCUT2D eigenvalue weighted by Gasteiger charge is 2.17. The minimum absolute atomic E-state index is 0.156. The van der Waals surface area contributed by atoms with Gasteiger partial charge in [0.2, 0.25) is 5.91 Å². The molecule has 1 amide bonds. The molecule has 31 heavy (non-hydrogen) atoms. The molecule has 2 unspecified atom stereocenters. The molecule has 3 aromatic rings. The van der Waals surface area contributed by atoms with Crippen molar-refractivity contribution in [3.05, 3.63) is 95.6 Å². The highest BCUT2D eigenvalue weighted by atomic mass is 16.4. The van der Waals surface area contributed by atoms with E-state index in [2.05, 4.69) is 10.6 Å². The summed E-state index contributed by atoms with van der Waals surface area (Å²) in [6.45, 7) is -0.201. The zero-order valence-corrected chi connectivity index (χ0v) is 16.9. The lowest BCUT2D eigenvalue weighted by Gasteiger charge is -2.20. The summed E-state index contributed by atoms with van der Waals surface area (Å²) in [6, 6.07) is 22.2. The number of nitrogens with two attached hydrogens (primary N) is 1. The van der Waals surface area contributed by atoms with Crippen LogP contribution < -0.4 is 16.4 Å². The second kappa shape index (κ2) is 10.4. The number of carboxylic acids is 1. The van der Waals surface area contributed by atoms with Crippen LogP contribution in [0.3, 0.4) is 0 Å². The van der Waals surface area contributed by atoms with Crippen LogP contribution in [0.5, 0.6) is 5.75 Å². The molecule has 7 heteroatoms. The van der Waals surface area contributed by atoms with Crippen LogP contribution in [0.1, 0.15) is 22.7 Å². The Hall–Kier alpha value is -3.68. The Morgan fingerprint density at radius 2 is 1.58 bits per heavy atom. The molecule has 0 aliphatic rings. The summed E-state index contributed by atoms with van der Waals surface area (Å²) in [5, 5.41) is 24.3. The molecule has 0 aliphatic heterocycles. The molecule has 3 aromatic carbocycles. The van der Waals surface area contributed by atoms with E-state index in [0.29, 0.717) is 12.1 Å². The SMILES string of the molecule is NC(Cc1ccc(O)cc1)C(=O)Nc1cccc(C(NCC(=O)O)c2ccccc2)c1. The van der Waals surface area contributed by atoms with Gasteiger partial charge in [-0.1, -0.05) is 54.6 Å². The number of anilines is 1. The topological polar surface area (TPSA) is 125 Å². The number of aliphatic carboxylic acids is 1. The first-order chi connectivity index (χ1) is 14.9. The van der Waals surface area contributed by atoms with Gasteiger partial charge in [0.1, 0.15) is 5.75 Å². The lowest BCUT2D eigenvalue weighted by molar-refractivity contribution is -0.136. The number of hydrogen-bond donors (Lipinski definition) is 5. The van der Waals surface area contributed by atoms with Crippen molar-refractivity contribution in [2.75, 3.05) is 11.9 Å². The standard InChI is InChI=1S/C24H25N3O4/c25-21(13-16-9-11-20(28)12-10-16)24(31)27-19-8-4-7-18(14-19)23(26-15-22(29)30)17-5-2-1-3-6-17/h1-12,14,21,23,26,28H,13,15,25H2,(H,27,31)(H,29,30). The fourth-order valence-corrected chi connectivity index (χ4v) is 3.27. The Bertz CT molecular complexity index is 1020. The summed E-state index contributed by atoms with van der Waals surface area (Å²) in [5.41, 5.74) is 9.20. The number of rotatable bonds is 9. The quantitative estimate of drug-likeness (QED) is 0.363. The first-order valence-corrected chi connectivity index (χ1v) is 9.87. The molecule has 0 radical (unpaired) electrons. The molecule has 0 spiro atoms. The van der Waals surface area contributed by atoms with Crippen molar-refractivity contribution in [2.24, 2.45) is 5.73 Å². The molecule has 0 bridgehead atoms. The van der Waals surface area contributed by atoms with Crippen LogP contribution in [0.15, 0.2) is 78.9 Å². The van der Waals surface area contributed by atoms with E-state index in [1.165, 1.54) is 0 Å². The summed E-state index contributed by atoms with van der Waals surface area (Å²) in [4.78, 5) is 23.6. The molecule has 7 nitrogen and oxygen atoms in total. The number of carbonyl (C=O) groups is 2. The smallest absolute Gasteiger partial charge is 0.317 e. The zero-order valence-electron chi connectivity index (χ0n) is 16.9. The van der Waals surface area contributed by atoms with Gasteiger partial charge in [-0.2, -0.15) is 0 Å². The van der Waals surface area contributed by atoms with Crippen LogP contribution in [0.2, 0.25) is 0 Å². The fourth-order valence-electron chi connectivity index (χ4n) is 3.27. The number of phenolic OH excluding ortho intramolecular Hbond substituents is 1. The van der Waals surface area contributed by atoms with Crippen molar-refractivity contribution in [1.82, 2.24) is 5.32 Å². The van der Waals surface area contributed by atoms with E-state index in [1.54, 1.807) is 42.5 Å². The van der Waals surface area contributed by atoms with Gasteiger partial charge in [0, 0.05) is 5.69 Å². The van der Waals surface area contributed by atoms with Gasteiger partial charge in [0.15, 0.2) is 0 Å². The van der Waals surface area contributed by atoms with E-state index < -0.39 is 12.0 Å². The predicted octanol–water partition coefficient (Wildman–Crippen LogP) is 2.66. The van der Waals surface area contributed by atoms with Crippen molar-refractivity contribution < 1.29 is 19.8 Å². The Balaban J connectivity index is 1.73. The van der Waals surface area contributed by atoms with Crippen molar-refractivity contribution in [3.8, 4) is 5.75 Å². The highest BCUT2D eigenvalue weighted by molar-refractivity contribution is 5.95. The number of benzene rings is 3. The van der Waals surface area contributed by atoms with Crippen LogP contribution in [-0.2, 0) is 16.0 Å². The molecular weight excluding hydrogens is 394 g/mol. The van der Waals surface area contributed by atoms with Crippen LogP contribution >= 0.6 is 0 Å². The molecule has 0 heterocycles. The lowest BCUT2D eigenvalue weighted by Crippen LogP contribution is -2.37. The molecule has 160 valence electrons. The number of carboxylic acid groups (broad SMARTS) is 1. The van der Waals surface area contributed by atoms with Crippen LogP contribution in [0, 0.1) is 0 Å². The molecule has 0 aromatic heterocycles. The molecule has 0 saturated heterocycles. The summed E-state index contributed by atoms with van der Waals surface area (Å²) >= 11 is 0. The van der Waals surface area contributed by atoms with E-state index >= 15 is 0 Å². The Labute approximate surface area is 180 Å². The van der Waals surface area contributed by atoms with Gasteiger partial charge >= 0.3 is 5.97 Å². The number of phenols is 1. The normalized spacial score (nSPS) is 12.7. The number of aromatic hydroxyl groups is 1. The van der Waals surface area contributed by atoms with Crippen LogP contribution in [-0.4, -0.2) is 34.7 Å².